The number of rotatable bonds is 6. The maximum absolute atomic E-state index is 13.4. The Morgan fingerprint density at radius 2 is 1.83 bits per heavy atom. The number of halogens is 3. The lowest BCUT2D eigenvalue weighted by Gasteiger charge is -2.24. The lowest BCUT2D eigenvalue weighted by atomic mass is 9.88. The molecule has 2 aliphatic carbocycles. The van der Waals surface area contributed by atoms with Gasteiger partial charge in [-0.15, -0.1) is 0 Å². The highest BCUT2D eigenvalue weighted by Crippen LogP contribution is 2.35. The molecule has 1 aromatic carbocycles. The molecule has 1 unspecified atom stereocenters. The standard InChI is InChI=1S/C27H30F3N5O/c28-27(29,30)24-12-11-20(26(35-24)31-15-17-5-2-1-3-6-17)23-14-25(33-16-32-23)34-22-8-4-7-18-9-10-19(36)13-21(18)22/h4,7-8,11-12,14,16-17,19,36H,1-3,5-6,9-10,13,15H2,(H,31,35)(H,32,33,34). The zero-order valence-corrected chi connectivity index (χ0v) is 20.0. The Morgan fingerprint density at radius 3 is 2.64 bits per heavy atom. The Hall–Kier alpha value is -3.20. The normalized spacial score (nSPS) is 18.5. The van der Waals surface area contributed by atoms with Crippen molar-refractivity contribution in [2.75, 3.05) is 17.2 Å². The number of aromatic nitrogens is 3. The minimum Gasteiger partial charge on any atom is -0.393 e. The van der Waals surface area contributed by atoms with Crippen LogP contribution in [-0.2, 0) is 19.0 Å². The van der Waals surface area contributed by atoms with Gasteiger partial charge in [0.2, 0.25) is 0 Å². The Bertz CT molecular complexity index is 1210. The van der Waals surface area contributed by atoms with E-state index >= 15 is 0 Å². The molecule has 6 nitrogen and oxygen atoms in total. The molecule has 0 bridgehead atoms. The van der Waals surface area contributed by atoms with Crippen molar-refractivity contribution in [1.82, 2.24) is 15.0 Å². The van der Waals surface area contributed by atoms with Gasteiger partial charge in [0.25, 0.3) is 0 Å². The maximum atomic E-state index is 13.4. The Kier molecular flexibility index (Phi) is 7.09. The summed E-state index contributed by atoms with van der Waals surface area (Å²) in [6.45, 7) is 0.579. The number of benzene rings is 1. The van der Waals surface area contributed by atoms with E-state index in [1.54, 1.807) is 6.07 Å². The average Bonchev–Trinajstić information content (AvgIpc) is 2.88. The molecule has 36 heavy (non-hydrogen) atoms. The third-order valence-electron chi connectivity index (χ3n) is 7.13. The third kappa shape index (κ3) is 5.61. The number of aryl methyl sites for hydroxylation is 1. The van der Waals surface area contributed by atoms with Gasteiger partial charge in [-0.25, -0.2) is 15.0 Å². The number of nitrogens with one attached hydrogen (secondary N) is 2. The van der Waals surface area contributed by atoms with Crippen LogP contribution >= 0.6 is 0 Å². The van der Waals surface area contributed by atoms with Crippen LogP contribution in [0.4, 0.5) is 30.5 Å². The first kappa shape index (κ1) is 24.5. The molecule has 0 aliphatic heterocycles. The second-order valence-corrected chi connectivity index (χ2v) is 9.73. The van der Waals surface area contributed by atoms with Gasteiger partial charge in [0, 0.05) is 30.3 Å². The van der Waals surface area contributed by atoms with E-state index in [-0.39, 0.29) is 11.9 Å². The molecule has 0 radical (unpaired) electrons. The summed E-state index contributed by atoms with van der Waals surface area (Å²) in [5.74, 6) is 1.12. The van der Waals surface area contributed by atoms with Crippen LogP contribution in [0.5, 0.6) is 0 Å². The molecule has 3 aromatic rings. The highest BCUT2D eigenvalue weighted by atomic mass is 19.4. The van der Waals surface area contributed by atoms with Crippen LogP contribution < -0.4 is 10.6 Å². The summed E-state index contributed by atoms with van der Waals surface area (Å²) in [7, 11) is 0. The SMILES string of the molecule is OC1CCc2cccc(Nc3cc(-c4ccc(C(F)(F)F)nc4NCC4CCCCC4)ncn3)c2C1. The van der Waals surface area contributed by atoms with Gasteiger partial charge < -0.3 is 15.7 Å². The molecule has 0 spiro atoms. The monoisotopic (exact) mass is 497 g/mol. The summed E-state index contributed by atoms with van der Waals surface area (Å²) in [6.07, 6.45) is 4.25. The zero-order chi connectivity index (χ0) is 25.1. The summed E-state index contributed by atoms with van der Waals surface area (Å²) < 4.78 is 40.3. The van der Waals surface area contributed by atoms with Crippen LogP contribution in [-0.4, -0.2) is 32.7 Å². The molecule has 0 saturated heterocycles. The van der Waals surface area contributed by atoms with Crippen molar-refractivity contribution in [3.05, 3.63) is 59.5 Å². The molecule has 1 fully saturated rings. The van der Waals surface area contributed by atoms with E-state index < -0.39 is 11.9 Å². The molecule has 5 rings (SSSR count). The van der Waals surface area contributed by atoms with Gasteiger partial charge in [-0.1, -0.05) is 31.4 Å². The number of alkyl halides is 3. The van der Waals surface area contributed by atoms with Gasteiger partial charge in [0.1, 0.15) is 23.7 Å². The summed E-state index contributed by atoms with van der Waals surface area (Å²) in [5.41, 5.74) is 3.15. The van der Waals surface area contributed by atoms with E-state index in [0.717, 1.165) is 55.8 Å². The number of hydrogen-bond donors (Lipinski definition) is 3. The summed E-state index contributed by atoms with van der Waals surface area (Å²) in [5, 5.41) is 16.7. The van der Waals surface area contributed by atoms with Gasteiger partial charge in [-0.05, 0) is 60.9 Å². The van der Waals surface area contributed by atoms with Gasteiger partial charge in [-0.2, -0.15) is 13.2 Å². The van der Waals surface area contributed by atoms with Crippen LogP contribution in [0.25, 0.3) is 11.3 Å². The molecule has 0 amide bonds. The second-order valence-electron chi connectivity index (χ2n) is 9.73. The Morgan fingerprint density at radius 1 is 1.00 bits per heavy atom. The number of hydrogen-bond acceptors (Lipinski definition) is 6. The van der Waals surface area contributed by atoms with E-state index in [1.807, 2.05) is 12.1 Å². The number of fused-ring (bicyclic) bond motifs is 1. The minimum absolute atomic E-state index is 0.181. The second kappa shape index (κ2) is 10.4. The van der Waals surface area contributed by atoms with Gasteiger partial charge >= 0.3 is 6.18 Å². The smallest absolute Gasteiger partial charge is 0.393 e. The predicted molar refractivity (Wildman–Crippen MR) is 133 cm³/mol. The Labute approximate surface area is 208 Å². The minimum atomic E-state index is -4.53. The van der Waals surface area contributed by atoms with Crippen molar-refractivity contribution in [2.45, 2.75) is 63.6 Å². The van der Waals surface area contributed by atoms with Crippen LogP contribution in [0.2, 0.25) is 0 Å². The van der Waals surface area contributed by atoms with Crippen molar-refractivity contribution in [1.29, 1.82) is 0 Å². The number of aliphatic hydroxyl groups excluding tert-OH is 1. The fraction of sp³-hybridized carbons (Fsp3) is 0.444. The summed E-state index contributed by atoms with van der Waals surface area (Å²) in [4.78, 5) is 12.6. The van der Waals surface area contributed by atoms with E-state index in [1.165, 1.54) is 24.4 Å². The summed E-state index contributed by atoms with van der Waals surface area (Å²) in [6, 6.07) is 10.1. The van der Waals surface area contributed by atoms with E-state index in [4.69, 9.17) is 0 Å². The van der Waals surface area contributed by atoms with Crippen molar-refractivity contribution >= 4 is 17.3 Å². The molecular formula is C27H30F3N5O. The molecule has 1 saturated carbocycles. The molecule has 9 heteroatoms. The van der Waals surface area contributed by atoms with E-state index in [0.29, 0.717) is 36.0 Å². The highest BCUT2D eigenvalue weighted by Gasteiger charge is 2.33. The van der Waals surface area contributed by atoms with Crippen molar-refractivity contribution < 1.29 is 18.3 Å². The fourth-order valence-electron chi connectivity index (χ4n) is 5.19. The number of nitrogens with zero attached hydrogens (tertiary/aromatic N) is 3. The number of pyridine rings is 1. The first-order chi connectivity index (χ1) is 17.4. The molecule has 1 atom stereocenters. The topological polar surface area (TPSA) is 83.0 Å². The number of anilines is 3. The van der Waals surface area contributed by atoms with Crippen molar-refractivity contribution in [2.24, 2.45) is 5.92 Å². The predicted octanol–water partition coefficient (Wildman–Crippen LogP) is 6.14. The molecule has 2 heterocycles. The van der Waals surface area contributed by atoms with Gasteiger partial charge in [0.05, 0.1) is 11.8 Å². The third-order valence-corrected chi connectivity index (χ3v) is 7.13. The highest BCUT2D eigenvalue weighted by molar-refractivity contribution is 5.75. The maximum Gasteiger partial charge on any atom is 0.433 e. The zero-order valence-electron chi connectivity index (χ0n) is 20.0. The first-order valence-corrected chi connectivity index (χ1v) is 12.6. The van der Waals surface area contributed by atoms with E-state index in [9.17, 15) is 18.3 Å². The molecular weight excluding hydrogens is 467 g/mol. The van der Waals surface area contributed by atoms with Gasteiger partial charge in [-0.3, -0.25) is 0 Å². The lowest BCUT2D eigenvalue weighted by molar-refractivity contribution is -0.141. The molecule has 2 aliphatic rings. The van der Waals surface area contributed by atoms with E-state index in [2.05, 4.69) is 31.7 Å². The van der Waals surface area contributed by atoms with Gasteiger partial charge in [0.15, 0.2) is 0 Å². The Balaban J connectivity index is 1.43. The quantitative estimate of drug-likeness (QED) is 0.379. The van der Waals surface area contributed by atoms with Crippen molar-refractivity contribution in [3.63, 3.8) is 0 Å². The average molecular weight is 498 g/mol. The van der Waals surface area contributed by atoms with Crippen LogP contribution in [0.1, 0.15) is 55.3 Å². The fourth-order valence-corrected chi connectivity index (χ4v) is 5.19. The summed E-state index contributed by atoms with van der Waals surface area (Å²) >= 11 is 0. The molecule has 3 N–H and O–H groups in total. The lowest BCUT2D eigenvalue weighted by Crippen LogP contribution is -2.19. The van der Waals surface area contributed by atoms with Crippen LogP contribution in [0, 0.1) is 5.92 Å². The van der Waals surface area contributed by atoms with Crippen molar-refractivity contribution in [3.8, 4) is 11.3 Å². The van der Waals surface area contributed by atoms with Crippen LogP contribution in [0.3, 0.4) is 0 Å². The molecule has 2 aromatic heterocycles. The first-order valence-electron chi connectivity index (χ1n) is 12.6. The molecule has 190 valence electrons. The largest absolute Gasteiger partial charge is 0.433 e. The number of aliphatic hydroxyl groups is 1. The van der Waals surface area contributed by atoms with Crippen LogP contribution in [0.15, 0.2) is 42.7 Å².